The molecule has 92 valence electrons. The summed E-state index contributed by atoms with van der Waals surface area (Å²) in [5, 5.41) is 8.90. The van der Waals surface area contributed by atoms with Gasteiger partial charge in [0, 0.05) is 5.56 Å². The van der Waals surface area contributed by atoms with Crippen LogP contribution in [0, 0.1) is 11.3 Å². The molecule has 1 unspecified atom stereocenters. The highest BCUT2D eigenvalue weighted by molar-refractivity contribution is 5.95. The van der Waals surface area contributed by atoms with E-state index in [0.29, 0.717) is 18.1 Å². The molecular formula is C16H12N2O. The number of hydrogen-bond acceptors (Lipinski definition) is 3. The van der Waals surface area contributed by atoms with Gasteiger partial charge in [-0.3, -0.25) is 0 Å². The lowest BCUT2D eigenvalue weighted by Gasteiger charge is -2.03. The second-order valence-electron chi connectivity index (χ2n) is 4.36. The van der Waals surface area contributed by atoms with Crippen molar-refractivity contribution in [3.63, 3.8) is 0 Å². The van der Waals surface area contributed by atoms with E-state index in [4.69, 9.17) is 10.00 Å². The molecule has 1 atom stereocenters. The molecule has 0 aromatic heterocycles. The van der Waals surface area contributed by atoms with Crippen molar-refractivity contribution < 1.29 is 4.74 Å². The first-order valence-electron chi connectivity index (χ1n) is 6.13. The number of aliphatic imine (C=N–C) groups is 1. The summed E-state index contributed by atoms with van der Waals surface area (Å²) in [4.78, 5) is 4.59. The summed E-state index contributed by atoms with van der Waals surface area (Å²) in [6.45, 7) is 0.552. The minimum atomic E-state index is 0.0435. The van der Waals surface area contributed by atoms with Gasteiger partial charge in [0.1, 0.15) is 12.6 Å². The standard InChI is InChI=1S/C16H12N2O/c17-10-12-5-4-8-14(9-12)16-18-15(11-19-16)13-6-2-1-3-7-13/h1-9,15H,11H2. The van der Waals surface area contributed by atoms with Crippen LogP contribution < -0.4 is 0 Å². The largest absolute Gasteiger partial charge is 0.475 e. The number of rotatable bonds is 2. The fourth-order valence-electron chi connectivity index (χ4n) is 2.10. The number of nitrogens with zero attached hydrogens (tertiary/aromatic N) is 2. The van der Waals surface area contributed by atoms with Gasteiger partial charge in [0.25, 0.3) is 0 Å². The van der Waals surface area contributed by atoms with Crippen LogP contribution in [0.1, 0.15) is 22.7 Å². The van der Waals surface area contributed by atoms with Crippen molar-refractivity contribution >= 4 is 5.90 Å². The van der Waals surface area contributed by atoms with Crippen molar-refractivity contribution in [2.45, 2.75) is 6.04 Å². The van der Waals surface area contributed by atoms with E-state index in [0.717, 1.165) is 11.1 Å². The van der Waals surface area contributed by atoms with Crippen molar-refractivity contribution in [3.8, 4) is 6.07 Å². The molecular weight excluding hydrogens is 236 g/mol. The van der Waals surface area contributed by atoms with Crippen LogP contribution in [0.2, 0.25) is 0 Å². The third-order valence-corrected chi connectivity index (χ3v) is 3.07. The van der Waals surface area contributed by atoms with E-state index in [1.807, 2.05) is 42.5 Å². The van der Waals surface area contributed by atoms with E-state index in [1.165, 1.54) is 0 Å². The normalized spacial score (nSPS) is 17.4. The highest BCUT2D eigenvalue weighted by atomic mass is 16.5. The summed E-state index contributed by atoms with van der Waals surface area (Å²) in [5.74, 6) is 0.617. The molecule has 1 aliphatic heterocycles. The molecule has 1 heterocycles. The molecule has 1 aliphatic rings. The van der Waals surface area contributed by atoms with Gasteiger partial charge in [-0.25, -0.2) is 4.99 Å². The maximum Gasteiger partial charge on any atom is 0.216 e. The predicted molar refractivity (Wildman–Crippen MR) is 72.8 cm³/mol. The summed E-state index contributed by atoms with van der Waals surface area (Å²) in [5.41, 5.74) is 2.62. The van der Waals surface area contributed by atoms with Crippen LogP contribution in [-0.2, 0) is 4.74 Å². The zero-order valence-electron chi connectivity index (χ0n) is 10.3. The monoisotopic (exact) mass is 248 g/mol. The first kappa shape index (κ1) is 11.5. The first-order chi connectivity index (χ1) is 9.36. The third-order valence-electron chi connectivity index (χ3n) is 3.07. The molecule has 0 N–H and O–H groups in total. The Balaban J connectivity index is 1.89. The molecule has 0 saturated carbocycles. The van der Waals surface area contributed by atoms with E-state index >= 15 is 0 Å². The maximum absolute atomic E-state index is 8.90. The summed E-state index contributed by atoms with van der Waals surface area (Å²) >= 11 is 0. The van der Waals surface area contributed by atoms with Gasteiger partial charge < -0.3 is 4.74 Å². The third kappa shape index (κ3) is 2.34. The Morgan fingerprint density at radius 3 is 2.74 bits per heavy atom. The number of ether oxygens (including phenoxy) is 1. The minimum absolute atomic E-state index is 0.0435. The van der Waals surface area contributed by atoms with Crippen molar-refractivity contribution in [3.05, 3.63) is 71.3 Å². The Labute approximate surface area is 111 Å². The van der Waals surface area contributed by atoms with Crippen molar-refractivity contribution in [1.29, 1.82) is 5.26 Å². The molecule has 0 bridgehead atoms. The summed E-state index contributed by atoms with van der Waals surface area (Å²) in [7, 11) is 0. The predicted octanol–water partition coefficient (Wildman–Crippen LogP) is 3.08. The van der Waals surface area contributed by atoms with Crippen molar-refractivity contribution in [2.24, 2.45) is 4.99 Å². The summed E-state index contributed by atoms with van der Waals surface area (Å²) < 4.78 is 5.65. The van der Waals surface area contributed by atoms with E-state index in [-0.39, 0.29) is 6.04 Å². The van der Waals surface area contributed by atoms with Gasteiger partial charge in [0.2, 0.25) is 5.90 Å². The highest BCUT2D eigenvalue weighted by Gasteiger charge is 2.21. The van der Waals surface area contributed by atoms with Gasteiger partial charge in [0.15, 0.2) is 0 Å². The van der Waals surface area contributed by atoms with Crippen LogP contribution in [0.4, 0.5) is 0 Å². The van der Waals surface area contributed by atoms with E-state index in [1.54, 1.807) is 12.1 Å². The summed E-state index contributed by atoms with van der Waals surface area (Å²) in [6.07, 6.45) is 0. The van der Waals surface area contributed by atoms with Crippen LogP contribution in [0.5, 0.6) is 0 Å². The second kappa shape index (κ2) is 4.95. The maximum atomic E-state index is 8.90. The Bertz CT molecular complexity index is 656. The lowest BCUT2D eigenvalue weighted by atomic mass is 10.1. The Morgan fingerprint density at radius 1 is 1.11 bits per heavy atom. The van der Waals surface area contributed by atoms with Gasteiger partial charge in [-0.1, -0.05) is 36.4 Å². The number of benzene rings is 2. The fraction of sp³-hybridized carbons (Fsp3) is 0.125. The van der Waals surface area contributed by atoms with Crippen LogP contribution in [0.25, 0.3) is 0 Å². The molecule has 0 spiro atoms. The molecule has 0 fully saturated rings. The van der Waals surface area contributed by atoms with Gasteiger partial charge in [-0.15, -0.1) is 0 Å². The second-order valence-corrected chi connectivity index (χ2v) is 4.36. The molecule has 3 nitrogen and oxygen atoms in total. The minimum Gasteiger partial charge on any atom is -0.475 e. The Kier molecular flexibility index (Phi) is 2.99. The number of hydrogen-bond donors (Lipinski definition) is 0. The van der Waals surface area contributed by atoms with Gasteiger partial charge >= 0.3 is 0 Å². The van der Waals surface area contributed by atoms with Gasteiger partial charge in [-0.05, 0) is 23.8 Å². The smallest absolute Gasteiger partial charge is 0.216 e. The van der Waals surface area contributed by atoms with Gasteiger partial charge in [0.05, 0.1) is 11.6 Å². The Morgan fingerprint density at radius 2 is 1.95 bits per heavy atom. The van der Waals surface area contributed by atoms with E-state index in [2.05, 4.69) is 11.1 Å². The van der Waals surface area contributed by atoms with Crippen molar-refractivity contribution in [1.82, 2.24) is 0 Å². The summed E-state index contributed by atoms with van der Waals surface area (Å²) in [6, 6.07) is 19.6. The molecule has 2 aromatic carbocycles. The molecule has 0 saturated heterocycles. The molecule has 0 radical (unpaired) electrons. The van der Waals surface area contributed by atoms with Crippen LogP contribution in [0.3, 0.4) is 0 Å². The molecule has 2 aromatic rings. The first-order valence-corrected chi connectivity index (χ1v) is 6.13. The topological polar surface area (TPSA) is 45.4 Å². The fourth-order valence-corrected chi connectivity index (χ4v) is 2.10. The van der Waals surface area contributed by atoms with Crippen LogP contribution >= 0.6 is 0 Å². The lowest BCUT2D eigenvalue weighted by Crippen LogP contribution is -2.01. The van der Waals surface area contributed by atoms with Gasteiger partial charge in [-0.2, -0.15) is 5.26 Å². The molecule has 0 amide bonds. The van der Waals surface area contributed by atoms with Crippen molar-refractivity contribution in [2.75, 3.05) is 6.61 Å². The molecule has 3 rings (SSSR count). The average molecular weight is 248 g/mol. The highest BCUT2D eigenvalue weighted by Crippen LogP contribution is 2.25. The molecule has 19 heavy (non-hydrogen) atoms. The molecule has 3 heteroatoms. The average Bonchev–Trinajstić information content (AvgIpc) is 2.98. The Hall–Kier alpha value is -2.60. The van der Waals surface area contributed by atoms with E-state index in [9.17, 15) is 0 Å². The van der Waals surface area contributed by atoms with E-state index < -0.39 is 0 Å². The van der Waals surface area contributed by atoms with Crippen LogP contribution in [0.15, 0.2) is 59.6 Å². The van der Waals surface area contributed by atoms with Crippen LogP contribution in [-0.4, -0.2) is 12.5 Å². The zero-order chi connectivity index (χ0) is 13.1. The SMILES string of the molecule is N#Cc1cccc(C2=NC(c3ccccc3)CO2)c1. The lowest BCUT2D eigenvalue weighted by molar-refractivity contribution is 0.320. The number of nitriles is 1. The zero-order valence-corrected chi connectivity index (χ0v) is 10.3. The quantitative estimate of drug-likeness (QED) is 0.819. The molecule has 0 aliphatic carbocycles.